The van der Waals surface area contributed by atoms with Crippen molar-refractivity contribution in [1.29, 1.82) is 0 Å². The van der Waals surface area contributed by atoms with E-state index in [4.69, 9.17) is 0 Å². The van der Waals surface area contributed by atoms with Crippen molar-refractivity contribution in [1.82, 2.24) is 9.88 Å². The molecule has 100 valence electrons. The van der Waals surface area contributed by atoms with Crippen molar-refractivity contribution in [3.63, 3.8) is 0 Å². The number of hydrogen-bond acceptors (Lipinski definition) is 3. The van der Waals surface area contributed by atoms with Crippen LogP contribution in [0.1, 0.15) is 37.8 Å². The number of aromatic nitrogens is 1. The van der Waals surface area contributed by atoms with Gasteiger partial charge in [0, 0.05) is 23.9 Å². The molecular formula is C15H24N2O. The van der Waals surface area contributed by atoms with E-state index >= 15 is 0 Å². The number of likely N-dealkylation sites (N-methyl/N-ethyl adjacent to an activating group) is 1. The fraction of sp³-hybridized carbons (Fsp3) is 0.667. The number of aliphatic hydroxyl groups excluding tert-OH is 1. The van der Waals surface area contributed by atoms with E-state index < -0.39 is 0 Å². The summed E-state index contributed by atoms with van der Waals surface area (Å²) in [6.07, 6.45) is 8.04. The zero-order valence-electron chi connectivity index (χ0n) is 11.5. The normalized spacial score (nSPS) is 20.9. The molecule has 0 spiro atoms. The number of pyridine rings is 1. The van der Waals surface area contributed by atoms with Gasteiger partial charge in [-0.05, 0) is 39.1 Å². The van der Waals surface area contributed by atoms with Crippen LogP contribution in [0.15, 0.2) is 24.4 Å². The summed E-state index contributed by atoms with van der Waals surface area (Å²) in [7, 11) is 4.18. The fourth-order valence-corrected chi connectivity index (χ4v) is 3.15. The molecule has 1 aliphatic rings. The number of rotatable bonds is 4. The highest BCUT2D eigenvalue weighted by Gasteiger charge is 2.40. The first-order chi connectivity index (χ1) is 8.65. The summed E-state index contributed by atoms with van der Waals surface area (Å²) in [5, 5.41) is 10.7. The van der Waals surface area contributed by atoms with Crippen molar-refractivity contribution in [3.8, 4) is 0 Å². The lowest BCUT2D eigenvalue weighted by molar-refractivity contribution is -0.0314. The summed E-state index contributed by atoms with van der Waals surface area (Å²) in [6, 6.07) is 5.89. The van der Waals surface area contributed by atoms with Crippen LogP contribution in [0, 0.1) is 0 Å². The molecule has 0 saturated heterocycles. The zero-order valence-corrected chi connectivity index (χ0v) is 11.5. The van der Waals surface area contributed by atoms with Gasteiger partial charge >= 0.3 is 0 Å². The van der Waals surface area contributed by atoms with E-state index in [1.165, 1.54) is 19.3 Å². The van der Waals surface area contributed by atoms with Gasteiger partial charge in [0.25, 0.3) is 0 Å². The Morgan fingerprint density at radius 1 is 1.28 bits per heavy atom. The van der Waals surface area contributed by atoms with Crippen LogP contribution >= 0.6 is 0 Å². The average molecular weight is 248 g/mol. The molecule has 3 heteroatoms. The van der Waals surface area contributed by atoms with Crippen LogP contribution in [-0.4, -0.2) is 40.7 Å². The maximum absolute atomic E-state index is 10.7. The first kappa shape index (κ1) is 13.5. The predicted molar refractivity (Wildman–Crippen MR) is 73.5 cm³/mol. The quantitative estimate of drug-likeness (QED) is 0.888. The maximum atomic E-state index is 10.7. The highest BCUT2D eigenvalue weighted by molar-refractivity contribution is 5.08. The Labute approximate surface area is 110 Å². The molecule has 18 heavy (non-hydrogen) atoms. The minimum Gasteiger partial charge on any atom is -0.391 e. The molecule has 0 aromatic carbocycles. The monoisotopic (exact) mass is 248 g/mol. The van der Waals surface area contributed by atoms with E-state index in [1.54, 1.807) is 6.20 Å². The Hall–Kier alpha value is -0.930. The Balaban J connectivity index is 2.11. The standard InChI is InChI=1S/C15H24N2O/c1-17(2)15(9-5-3-6-10-15)14(18)12-13-8-4-7-11-16-13/h4,7-8,11,14,18H,3,5-6,9-10,12H2,1-2H3. The molecule has 0 radical (unpaired) electrons. The van der Waals surface area contributed by atoms with E-state index in [2.05, 4.69) is 24.0 Å². The molecule has 1 aromatic rings. The second kappa shape index (κ2) is 5.81. The Bertz CT molecular complexity index is 358. The second-order valence-electron chi connectivity index (χ2n) is 5.60. The first-order valence-corrected chi connectivity index (χ1v) is 6.90. The fourth-order valence-electron chi connectivity index (χ4n) is 3.15. The summed E-state index contributed by atoms with van der Waals surface area (Å²) in [5.74, 6) is 0. The summed E-state index contributed by atoms with van der Waals surface area (Å²) in [6.45, 7) is 0. The van der Waals surface area contributed by atoms with Gasteiger partial charge in [-0.15, -0.1) is 0 Å². The molecule has 1 atom stereocenters. The van der Waals surface area contributed by atoms with Crippen molar-refractivity contribution in [2.75, 3.05) is 14.1 Å². The zero-order chi connectivity index (χ0) is 13.0. The second-order valence-corrected chi connectivity index (χ2v) is 5.60. The van der Waals surface area contributed by atoms with Crippen molar-refractivity contribution in [2.45, 2.75) is 50.2 Å². The van der Waals surface area contributed by atoms with Crippen LogP contribution in [0.3, 0.4) is 0 Å². The van der Waals surface area contributed by atoms with Crippen molar-refractivity contribution in [2.24, 2.45) is 0 Å². The molecular weight excluding hydrogens is 224 g/mol. The smallest absolute Gasteiger partial charge is 0.0778 e. The van der Waals surface area contributed by atoms with Crippen LogP contribution in [0.5, 0.6) is 0 Å². The van der Waals surface area contributed by atoms with Crippen LogP contribution in [0.2, 0.25) is 0 Å². The highest BCUT2D eigenvalue weighted by atomic mass is 16.3. The van der Waals surface area contributed by atoms with Gasteiger partial charge in [-0.25, -0.2) is 0 Å². The maximum Gasteiger partial charge on any atom is 0.0778 e. The molecule has 1 aromatic heterocycles. The first-order valence-electron chi connectivity index (χ1n) is 6.90. The van der Waals surface area contributed by atoms with Crippen molar-refractivity contribution < 1.29 is 5.11 Å². The third kappa shape index (κ3) is 2.73. The number of aliphatic hydroxyl groups is 1. The highest BCUT2D eigenvalue weighted by Crippen LogP contribution is 2.36. The predicted octanol–water partition coefficient (Wildman–Crippen LogP) is 2.25. The minimum absolute atomic E-state index is 0.0598. The third-order valence-electron chi connectivity index (χ3n) is 4.36. The summed E-state index contributed by atoms with van der Waals surface area (Å²) < 4.78 is 0. The van der Waals surface area contributed by atoms with Gasteiger partial charge in [0.2, 0.25) is 0 Å². The molecule has 0 bridgehead atoms. The van der Waals surface area contributed by atoms with Crippen molar-refractivity contribution in [3.05, 3.63) is 30.1 Å². The lowest BCUT2D eigenvalue weighted by atomic mass is 9.75. The lowest BCUT2D eigenvalue weighted by Crippen LogP contribution is -2.55. The lowest BCUT2D eigenvalue weighted by Gasteiger charge is -2.46. The van der Waals surface area contributed by atoms with E-state index in [1.807, 2.05) is 18.2 Å². The van der Waals surface area contributed by atoms with Crippen LogP contribution in [0.25, 0.3) is 0 Å². The largest absolute Gasteiger partial charge is 0.391 e. The molecule has 3 nitrogen and oxygen atoms in total. The van der Waals surface area contributed by atoms with Gasteiger partial charge in [-0.1, -0.05) is 25.3 Å². The van der Waals surface area contributed by atoms with Gasteiger partial charge < -0.3 is 10.0 Å². The third-order valence-corrected chi connectivity index (χ3v) is 4.36. The molecule has 1 aliphatic carbocycles. The van der Waals surface area contributed by atoms with Gasteiger partial charge in [0.15, 0.2) is 0 Å². The molecule has 1 fully saturated rings. The summed E-state index contributed by atoms with van der Waals surface area (Å²) in [4.78, 5) is 6.55. The molecule has 2 rings (SSSR count). The van der Waals surface area contributed by atoms with Crippen molar-refractivity contribution >= 4 is 0 Å². The molecule has 1 N–H and O–H groups in total. The van der Waals surface area contributed by atoms with Gasteiger partial charge in [-0.2, -0.15) is 0 Å². The van der Waals surface area contributed by atoms with Gasteiger partial charge in [0.1, 0.15) is 0 Å². The van der Waals surface area contributed by atoms with Crippen LogP contribution in [-0.2, 0) is 6.42 Å². The molecule has 0 amide bonds. The number of hydrogen-bond donors (Lipinski definition) is 1. The Morgan fingerprint density at radius 2 is 2.00 bits per heavy atom. The number of nitrogens with zero attached hydrogens (tertiary/aromatic N) is 2. The van der Waals surface area contributed by atoms with E-state index in [0.717, 1.165) is 18.5 Å². The minimum atomic E-state index is -0.331. The van der Waals surface area contributed by atoms with E-state index in [9.17, 15) is 5.11 Å². The van der Waals surface area contributed by atoms with E-state index in [0.29, 0.717) is 6.42 Å². The molecule has 1 saturated carbocycles. The SMILES string of the molecule is CN(C)C1(C(O)Cc2ccccn2)CCCCC1. The Morgan fingerprint density at radius 3 is 2.56 bits per heavy atom. The summed E-state index contributed by atoms with van der Waals surface area (Å²) >= 11 is 0. The topological polar surface area (TPSA) is 36.4 Å². The van der Waals surface area contributed by atoms with E-state index in [-0.39, 0.29) is 11.6 Å². The van der Waals surface area contributed by atoms with Gasteiger partial charge in [-0.3, -0.25) is 4.98 Å². The van der Waals surface area contributed by atoms with Gasteiger partial charge in [0.05, 0.1) is 6.10 Å². The summed E-state index contributed by atoms with van der Waals surface area (Å²) in [5.41, 5.74) is 0.923. The molecule has 0 aliphatic heterocycles. The molecule has 1 unspecified atom stereocenters. The Kier molecular flexibility index (Phi) is 4.36. The average Bonchev–Trinajstić information content (AvgIpc) is 2.40. The van der Waals surface area contributed by atoms with Crippen LogP contribution < -0.4 is 0 Å². The molecule has 1 heterocycles. The van der Waals surface area contributed by atoms with Crippen LogP contribution in [0.4, 0.5) is 0 Å².